The van der Waals surface area contributed by atoms with Crippen LogP contribution in [0.5, 0.6) is 0 Å². The van der Waals surface area contributed by atoms with Gasteiger partial charge in [-0.15, -0.1) is 0 Å². The fourth-order valence-corrected chi connectivity index (χ4v) is 3.71. The molecule has 3 heterocycles. The quantitative estimate of drug-likeness (QED) is 0.339. The zero-order valence-electron chi connectivity index (χ0n) is 19.2. The molecule has 0 unspecified atom stereocenters. The second kappa shape index (κ2) is 9.77. The number of nitrogens with one attached hydrogen (secondary N) is 1. The maximum absolute atomic E-state index is 13.5. The van der Waals surface area contributed by atoms with E-state index in [0.29, 0.717) is 11.2 Å². The topological polar surface area (TPSA) is 163 Å². The van der Waals surface area contributed by atoms with Crippen molar-refractivity contribution in [2.75, 3.05) is 24.4 Å². The van der Waals surface area contributed by atoms with Crippen LogP contribution in [0.4, 0.5) is 11.5 Å². The molecule has 182 valence electrons. The van der Waals surface area contributed by atoms with Gasteiger partial charge in [0.2, 0.25) is 5.91 Å². The highest BCUT2D eigenvalue weighted by Crippen LogP contribution is 2.20. The molecule has 0 saturated carbocycles. The average Bonchev–Trinajstić information content (AvgIpc) is 3.22. The Morgan fingerprint density at radius 3 is 2.66 bits per heavy atom. The number of fused-ring (bicyclic) bond motifs is 1. The molecule has 0 spiro atoms. The van der Waals surface area contributed by atoms with E-state index in [4.69, 9.17) is 10.5 Å². The summed E-state index contributed by atoms with van der Waals surface area (Å²) in [4.78, 5) is 59.2. The van der Waals surface area contributed by atoms with Gasteiger partial charge in [0.05, 0.1) is 25.9 Å². The van der Waals surface area contributed by atoms with Crippen molar-refractivity contribution in [3.8, 4) is 0 Å². The number of carbonyl (C=O) groups is 1. The molecule has 0 aliphatic carbocycles. The fourth-order valence-electron chi connectivity index (χ4n) is 3.71. The van der Waals surface area contributed by atoms with E-state index >= 15 is 0 Å². The SMILES string of the molecule is COCCn1c(N)c(N(Cc2ccccc2)C(=O)Cn2cnc3c(cnn3C)c2=O)c(=O)[nH]c1=O. The number of ether oxygens (including phenoxy) is 1. The number of nitrogens with two attached hydrogens (primary N) is 1. The lowest BCUT2D eigenvalue weighted by molar-refractivity contribution is -0.119. The second-order valence-corrected chi connectivity index (χ2v) is 7.79. The molecule has 0 aliphatic rings. The normalized spacial score (nSPS) is 11.1. The van der Waals surface area contributed by atoms with E-state index in [1.54, 1.807) is 31.3 Å². The Kier molecular flexibility index (Phi) is 6.59. The third-order valence-electron chi connectivity index (χ3n) is 5.51. The Balaban J connectivity index is 1.79. The number of rotatable bonds is 8. The Labute approximate surface area is 198 Å². The summed E-state index contributed by atoms with van der Waals surface area (Å²) in [5.74, 6) is -0.789. The number of nitrogen functional groups attached to an aromatic ring is 1. The van der Waals surface area contributed by atoms with E-state index < -0.39 is 29.3 Å². The number of amides is 1. The van der Waals surface area contributed by atoms with Crippen LogP contribution < -0.4 is 27.4 Å². The number of hydrogen-bond acceptors (Lipinski definition) is 8. The summed E-state index contributed by atoms with van der Waals surface area (Å²) in [7, 11) is 3.11. The van der Waals surface area contributed by atoms with Crippen LogP contribution in [0.2, 0.25) is 0 Å². The van der Waals surface area contributed by atoms with Crippen molar-refractivity contribution < 1.29 is 9.53 Å². The van der Waals surface area contributed by atoms with Crippen LogP contribution in [-0.4, -0.2) is 48.5 Å². The third-order valence-corrected chi connectivity index (χ3v) is 5.51. The lowest BCUT2D eigenvalue weighted by Crippen LogP contribution is -2.43. The van der Waals surface area contributed by atoms with E-state index in [9.17, 15) is 19.2 Å². The Hall–Kier alpha value is -4.52. The number of benzene rings is 1. The molecule has 0 fully saturated rings. The number of anilines is 2. The third kappa shape index (κ3) is 4.61. The number of aryl methyl sites for hydroxylation is 1. The summed E-state index contributed by atoms with van der Waals surface area (Å²) in [6.45, 7) is -0.208. The molecule has 0 atom stereocenters. The van der Waals surface area contributed by atoms with E-state index in [2.05, 4.69) is 15.1 Å². The number of hydrogen-bond donors (Lipinski definition) is 2. The summed E-state index contributed by atoms with van der Waals surface area (Å²) in [6.07, 6.45) is 2.62. The summed E-state index contributed by atoms with van der Waals surface area (Å²) in [5, 5.41) is 4.27. The van der Waals surface area contributed by atoms with Gasteiger partial charge < -0.3 is 10.5 Å². The molecule has 4 aromatic rings. The number of nitrogens with zero attached hydrogens (tertiary/aromatic N) is 6. The van der Waals surface area contributed by atoms with Gasteiger partial charge in [-0.3, -0.25) is 38.1 Å². The van der Waals surface area contributed by atoms with Crippen LogP contribution in [0.3, 0.4) is 0 Å². The van der Waals surface area contributed by atoms with Gasteiger partial charge in [-0.25, -0.2) is 9.78 Å². The van der Waals surface area contributed by atoms with Gasteiger partial charge in [-0.2, -0.15) is 5.10 Å². The highest BCUT2D eigenvalue weighted by molar-refractivity contribution is 5.95. The van der Waals surface area contributed by atoms with E-state index in [1.807, 2.05) is 6.07 Å². The fraction of sp³-hybridized carbons (Fsp3) is 0.273. The minimum atomic E-state index is -0.821. The summed E-state index contributed by atoms with van der Waals surface area (Å²) in [6, 6.07) is 8.95. The Morgan fingerprint density at radius 2 is 1.94 bits per heavy atom. The van der Waals surface area contributed by atoms with E-state index in [1.165, 1.54) is 24.3 Å². The average molecular weight is 480 g/mol. The van der Waals surface area contributed by atoms with E-state index in [-0.39, 0.29) is 36.6 Å². The summed E-state index contributed by atoms with van der Waals surface area (Å²) in [5.41, 5.74) is 5.12. The minimum Gasteiger partial charge on any atom is -0.383 e. The van der Waals surface area contributed by atoms with Gasteiger partial charge >= 0.3 is 5.69 Å². The highest BCUT2D eigenvalue weighted by atomic mass is 16.5. The molecular formula is C22H24N8O5. The molecular weight excluding hydrogens is 456 g/mol. The molecule has 0 bridgehead atoms. The van der Waals surface area contributed by atoms with Crippen LogP contribution >= 0.6 is 0 Å². The van der Waals surface area contributed by atoms with Gasteiger partial charge in [-0.1, -0.05) is 30.3 Å². The van der Waals surface area contributed by atoms with Crippen LogP contribution in [0.15, 0.2) is 57.2 Å². The molecule has 1 aromatic carbocycles. The highest BCUT2D eigenvalue weighted by Gasteiger charge is 2.25. The molecule has 35 heavy (non-hydrogen) atoms. The van der Waals surface area contributed by atoms with Crippen LogP contribution in [0, 0.1) is 0 Å². The molecule has 13 nitrogen and oxygen atoms in total. The lowest BCUT2D eigenvalue weighted by atomic mass is 10.2. The zero-order valence-corrected chi connectivity index (χ0v) is 19.2. The maximum Gasteiger partial charge on any atom is 0.330 e. The molecule has 0 aliphatic heterocycles. The number of carbonyl (C=O) groups excluding carboxylic acids is 1. The minimum absolute atomic E-state index is 0.0211. The van der Waals surface area contributed by atoms with Crippen LogP contribution in [0.25, 0.3) is 11.0 Å². The number of H-pyrrole nitrogens is 1. The first-order valence-corrected chi connectivity index (χ1v) is 10.6. The number of aromatic nitrogens is 6. The molecule has 1 amide bonds. The number of aromatic amines is 1. The van der Waals surface area contributed by atoms with Crippen molar-refractivity contribution in [2.45, 2.75) is 19.6 Å². The Morgan fingerprint density at radius 1 is 1.20 bits per heavy atom. The van der Waals surface area contributed by atoms with Gasteiger partial charge in [0.1, 0.15) is 24.1 Å². The van der Waals surface area contributed by atoms with Crippen molar-refractivity contribution in [3.05, 3.63) is 79.6 Å². The van der Waals surface area contributed by atoms with Gasteiger partial charge in [-0.05, 0) is 5.56 Å². The standard InChI is InChI=1S/C22H24N8O5/c1-27-19-15(10-25-27)21(33)28(13-24-19)12-16(31)30(11-14-6-4-3-5-7-14)17-18(23)29(8-9-35-2)22(34)26-20(17)32/h3-7,10,13H,8-9,11-12,23H2,1-2H3,(H,26,32,34). The first-order valence-electron chi connectivity index (χ1n) is 10.6. The monoisotopic (exact) mass is 480 g/mol. The van der Waals surface area contributed by atoms with E-state index in [0.717, 1.165) is 14.0 Å². The molecule has 3 aromatic heterocycles. The van der Waals surface area contributed by atoms with Gasteiger partial charge in [0.25, 0.3) is 11.1 Å². The predicted octanol–water partition coefficient (Wildman–Crippen LogP) is -0.558. The Bertz CT molecular complexity index is 1550. The van der Waals surface area contributed by atoms with Crippen LogP contribution in [-0.2, 0) is 36.2 Å². The first kappa shape index (κ1) is 23.6. The van der Waals surface area contributed by atoms with Crippen molar-refractivity contribution in [1.82, 2.24) is 28.9 Å². The van der Waals surface area contributed by atoms with Gasteiger partial charge in [0.15, 0.2) is 11.3 Å². The first-order chi connectivity index (χ1) is 16.8. The molecule has 3 N–H and O–H groups in total. The second-order valence-electron chi connectivity index (χ2n) is 7.79. The van der Waals surface area contributed by atoms with Crippen molar-refractivity contribution in [1.29, 1.82) is 0 Å². The molecule has 4 rings (SSSR count). The lowest BCUT2D eigenvalue weighted by Gasteiger charge is -2.25. The summed E-state index contributed by atoms with van der Waals surface area (Å²) < 4.78 is 8.73. The smallest absolute Gasteiger partial charge is 0.330 e. The molecule has 13 heteroatoms. The maximum atomic E-state index is 13.5. The predicted molar refractivity (Wildman–Crippen MR) is 128 cm³/mol. The zero-order chi connectivity index (χ0) is 25.1. The van der Waals surface area contributed by atoms with Gasteiger partial charge in [0, 0.05) is 14.2 Å². The summed E-state index contributed by atoms with van der Waals surface area (Å²) >= 11 is 0. The van der Waals surface area contributed by atoms with Crippen molar-refractivity contribution >= 4 is 28.4 Å². The molecule has 0 saturated heterocycles. The molecule has 0 radical (unpaired) electrons. The number of methoxy groups -OCH3 is 1. The van der Waals surface area contributed by atoms with Crippen molar-refractivity contribution in [2.24, 2.45) is 7.05 Å². The van der Waals surface area contributed by atoms with Crippen LogP contribution in [0.1, 0.15) is 5.56 Å². The van der Waals surface area contributed by atoms with Crippen molar-refractivity contribution in [3.63, 3.8) is 0 Å². The largest absolute Gasteiger partial charge is 0.383 e.